The average molecular weight is 201 g/mol. The van der Waals surface area contributed by atoms with E-state index in [1.54, 1.807) is 7.11 Å². The van der Waals surface area contributed by atoms with Gasteiger partial charge in [0.1, 0.15) is 5.82 Å². The van der Waals surface area contributed by atoms with Gasteiger partial charge < -0.3 is 10.1 Å². The number of rotatable bonds is 5. The minimum atomic E-state index is 0.203. The van der Waals surface area contributed by atoms with Gasteiger partial charge in [-0.1, -0.05) is 6.92 Å². The number of aromatic nitrogens is 2. The van der Waals surface area contributed by atoms with E-state index >= 15 is 0 Å². The monoisotopic (exact) mass is 201 g/mol. The summed E-state index contributed by atoms with van der Waals surface area (Å²) in [4.78, 5) is 4.28. The zero-order valence-electron chi connectivity index (χ0n) is 8.20. The molecule has 0 aliphatic rings. The standard InChI is InChI=1S/C8H15N3OS/c1-4-7-10-8(13-11-7)9-5-6(2)12-3/h6H,4-5H2,1-3H3,(H,9,10,11). The lowest BCUT2D eigenvalue weighted by Crippen LogP contribution is -2.17. The summed E-state index contributed by atoms with van der Waals surface area (Å²) in [6.07, 6.45) is 1.09. The third-order valence-electron chi connectivity index (χ3n) is 1.73. The van der Waals surface area contributed by atoms with Gasteiger partial charge >= 0.3 is 0 Å². The molecule has 1 heterocycles. The van der Waals surface area contributed by atoms with Crippen molar-refractivity contribution in [2.75, 3.05) is 19.0 Å². The maximum atomic E-state index is 5.10. The molecule has 1 N–H and O–H groups in total. The van der Waals surface area contributed by atoms with Crippen molar-refractivity contribution >= 4 is 16.7 Å². The third kappa shape index (κ3) is 3.28. The number of anilines is 1. The summed E-state index contributed by atoms with van der Waals surface area (Å²) in [7, 11) is 1.70. The van der Waals surface area contributed by atoms with Crippen LogP contribution in [-0.2, 0) is 11.2 Å². The third-order valence-corrected chi connectivity index (χ3v) is 2.44. The number of nitrogens with zero attached hydrogens (tertiary/aromatic N) is 2. The van der Waals surface area contributed by atoms with Crippen LogP contribution in [0.15, 0.2) is 0 Å². The molecule has 4 nitrogen and oxygen atoms in total. The molecular formula is C8H15N3OS. The van der Waals surface area contributed by atoms with Crippen molar-refractivity contribution in [2.24, 2.45) is 0 Å². The van der Waals surface area contributed by atoms with Crippen molar-refractivity contribution in [2.45, 2.75) is 26.4 Å². The Hall–Kier alpha value is -0.680. The Morgan fingerprint density at radius 3 is 2.92 bits per heavy atom. The fraction of sp³-hybridized carbons (Fsp3) is 0.750. The van der Waals surface area contributed by atoms with Crippen LogP contribution in [-0.4, -0.2) is 29.1 Å². The number of ether oxygens (including phenoxy) is 1. The Bertz CT molecular complexity index is 251. The normalized spacial score (nSPS) is 12.8. The predicted molar refractivity (Wildman–Crippen MR) is 54.2 cm³/mol. The molecule has 0 saturated heterocycles. The smallest absolute Gasteiger partial charge is 0.202 e. The van der Waals surface area contributed by atoms with Crippen LogP contribution < -0.4 is 5.32 Å². The first-order valence-corrected chi connectivity index (χ1v) is 5.12. The molecule has 0 aromatic carbocycles. The van der Waals surface area contributed by atoms with Crippen LogP contribution in [0.4, 0.5) is 5.13 Å². The van der Waals surface area contributed by atoms with Crippen LogP contribution in [0.25, 0.3) is 0 Å². The van der Waals surface area contributed by atoms with Crippen molar-refractivity contribution in [3.05, 3.63) is 5.82 Å². The first-order valence-electron chi connectivity index (χ1n) is 4.35. The first-order chi connectivity index (χ1) is 6.26. The predicted octanol–water partition coefficient (Wildman–Crippen LogP) is 1.55. The van der Waals surface area contributed by atoms with Gasteiger partial charge in [-0.25, -0.2) is 4.98 Å². The molecule has 1 aromatic rings. The maximum absolute atomic E-state index is 5.10. The fourth-order valence-electron chi connectivity index (χ4n) is 0.784. The van der Waals surface area contributed by atoms with E-state index in [-0.39, 0.29) is 6.10 Å². The van der Waals surface area contributed by atoms with E-state index in [1.807, 2.05) is 13.8 Å². The Morgan fingerprint density at radius 1 is 1.62 bits per heavy atom. The highest BCUT2D eigenvalue weighted by Crippen LogP contribution is 2.10. The van der Waals surface area contributed by atoms with Gasteiger partial charge in [0.2, 0.25) is 5.13 Å². The zero-order chi connectivity index (χ0) is 9.68. The summed E-state index contributed by atoms with van der Waals surface area (Å²) in [5, 5.41) is 4.05. The van der Waals surface area contributed by atoms with Crippen LogP contribution >= 0.6 is 11.5 Å². The van der Waals surface area contributed by atoms with Crippen LogP contribution in [0.5, 0.6) is 0 Å². The zero-order valence-corrected chi connectivity index (χ0v) is 9.02. The molecule has 0 aliphatic carbocycles. The van der Waals surface area contributed by atoms with E-state index in [0.29, 0.717) is 0 Å². The van der Waals surface area contributed by atoms with Gasteiger partial charge in [-0.3, -0.25) is 0 Å². The summed E-state index contributed by atoms with van der Waals surface area (Å²) < 4.78 is 9.26. The summed E-state index contributed by atoms with van der Waals surface area (Å²) >= 11 is 1.40. The van der Waals surface area contributed by atoms with E-state index in [9.17, 15) is 0 Å². The van der Waals surface area contributed by atoms with E-state index in [4.69, 9.17) is 4.74 Å². The van der Waals surface area contributed by atoms with Gasteiger partial charge in [0, 0.05) is 31.6 Å². The molecule has 1 rings (SSSR count). The quantitative estimate of drug-likeness (QED) is 0.785. The number of hydrogen-bond donors (Lipinski definition) is 1. The van der Waals surface area contributed by atoms with Crippen molar-refractivity contribution in [3.8, 4) is 0 Å². The highest BCUT2D eigenvalue weighted by molar-refractivity contribution is 7.09. The summed E-state index contributed by atoms with van der Waals surface area (Å²) in [6.45, 7) is 4.83. The topological polar surface area (TPSA) is 47.0 Å². The Kier molecular flexibility index (Phi) is 4.11. The Labute approximate surface area is 82.5 Å². The molecule has 0 amide bonds. The molecule has 74 valence electrons. The van der Waals surface area contributed by atoms with Crippen molar-refractivity contribution < 1.29 is 4.74 Å². The molecule has 1 aromatic heterocycles. The highest BCUT2D eigenvalue weighted by atomic mass is 32.1. The van der Waals surface area contributed by atoms with Crippen LogP contribution in [0.1, 0.15) is 19.7 Å². The molecular weight excluding hydrogens is 186 g/mol. The minimum absolute atomic E-state index is 0.203. The maximum Gasteiger partial charge on any atom is 0.202 e. The van der Waals surface area contributed by atoms with Crippen molar-refractivity contribution in [1.82, 2.24) is 9.36 Å². The van der Waals surface area contributed by atoms with E-state index in [1.165, 1.54) is 11.5 Å². The SMILES string of the molecule is CCc1nsc(NCC(C)OC)n1. The molecule has 0 bridgehead atoms. The molecule has 0 spiro atoms. The molecule has 1 unspecified atom stereocenters. The van der Waals surface area contributed by atoms with Crippen molar-refractivity contribution in [3.63, 3.8) is 0 Å². The largest absolute Gasteiger partial charge is 0.380 e. The summed E-state index contributed by atoms with van der Waals surface area (Å²) in [5.41, 5.74) is 0. The van der Waals surface area contributed by atoms with Gasteiger partial charge in [0.15, 0.2) is 0 Å². The molecule has 0 radical (unpaired) electrons. The lowest BCUT2D eigenvalue weighted by molar-refractivity contribution is 0.129. The van der Waals surface area contributed by atoms with Gasteiger partial charge in [-0.05, 0) is 6.92 Å². The second-order valence-electron chi connectivity index (χ2n) is 2.80. The van der Waals surface area contributed by atoms with Gasteiger partial charge in [0.25, 0.3) is 0 Å². The van der Waals surface area contributed by atoms with E-state index in [2.05, 4.69) is 14.7 Å². The number of methoxy groups -OCH3 is 1. The lowest BCUT2D eigenvalue weighted by atomic mass is 10.4. The number of hydrogen-bond acceptors (Lipinski definition) is 5. The fourth-order valence-corrected chi connectivity index (χ4v) is 1.44. The highest BCUT2D eigenvalue weighted by Gasteiger charge is 2.03. The van der Waals surface area contributed by atoms with Gasteiger partial charge in [-0.2, -0.15) is 4.37 Å². The van der Waals surface area contributed by atoms with Gasteiger partial charge in [-0.15, -0.1) is 0 Å². The first kappa shape index (κ1) is 10.4. The van der Waals surface area contributed by atoms with Crippen molar-refractivity contribution in [1.29, 1.82) is 0 Å². The molecule has 0 aliphatic heterocycles. The Balaban J connectivity index is 2.36. The number of nitrogens with one attached hydrogen (secondary N) is 1. The summed E-state index contributed by atoms with van der Waals surface area (Å²) in [6, 6.07) is 0. The van der Waals surface area contributed by atoms with Crippen LogP contribution in [0.2, 0.25) is 0 Å². The van der Waals surface area contributed by atoms with Crippen LogP contribution in [0.3, 0.4) is 0 Å². The molecule has 5 heteroatoms. The Morgan fingerprint density at radius 2 is 2.38 bits per heavy atom. The minimum Gasteiger partial charge on any atom is -0.380 e. The molecule has 1 atom stereocenters. The second kappa shape index (κ2) is 5.14. The average Bonchev–Trinajstić information content (AvgIpc) is 2.61. The van der Waals surface area contributed by atoms with E-state index in [0.717, 1.165) is 23.9 Å². The van der Waals surface area contributed by atoms with Crippen LogP contribution in [0, 0.1) is 0 Å². The van der Waals surface area contributed by atoms with Gasteiger partial charge in [0.05, 0.1) is 6.10 Å². The lowest BCUT2D eigenvalue weighted by Gasteiger charge is -2.08. The second-order valence-corrected chi connectivity index (χ2v) is 3.55. The van der Waals surface area contributed by atoms with E-state index < -0.39 is 0 Å². The number of aryl methyl sites for hydroxylation is 1. The summed E-state index contributed by atoms with van der Waals surface area (Å²) in [5.74, 6) is 0.901. The molecule has 13 heavy (non-hydrogen) atoms. The molecule has 0 saturated carbocycles. The molecule has 0 fully saturated rings.